The Labute approximate surface area is 118 Å². The lowest BCUT2D eigenvalue weighted by molar-refractivity contribution is -0.117. The smallest absolute Gasteiger partial charge is 0.244 e. The molecule has 0 N–H and O–H groups in total. The second kappa shape index (κ2) is 5.61. The van der Waals surface area contributed by atoms with Crippen LogP contribution in [0.2, 0.25) is 5.02 Å². The number of Topliss-reactive ketones (excluding diaryl/α,β-unsaturated/α-hetero) is 1. The van der Waals surface area contributed by atoms with Gasteiger partial charge in [-0.05, 0) is 31.9 Å². The van der Waals surface area contributed by atoms with Gasteiger partial charge < -0.3 is 0 Å². The normalized spacial score (nSPS) is 20.6. The molecule has 1 fully saturated rings. The number of halogens is 1. The molecule has 1 aliphatic rings. The van der Waals surface area contributed by atoms with Crippen molar-refractivity contribution in [3.63, 3.8) is 0 Å². The minimum atomic E-state index is -3.61. The molecule has 0 aromatic heterocycles. The fraction of sp³-hybridized carbons (Fsp3) is 0.462. The number of ketones is 1. The number of hydrogen-bond donors (Lipinski definition) is 0. The Kier molecular flexibility index (Phi) is 4.28. The number of carbonyl (C=O) groups excluding carboxylic acids is 1. The quantitative estimate of drug-likeness (QED) is 0.858. The summed E-state index contributed by atoms with van der Waals surface area (Å²) in [4.78, 5) is 11.3. The zero-order chi connectivity index (χ0) is 14.0. The third kappa shape index (κ3) is 2.99. The van der Waals surface area contributed by atoms with E-state index in [0.717, 1.165) is 12.8 Å². The van der Waals surface area contributed by atoms with Crippen molar-refractivity contribution in [3.05, 3.63) is 29.3 Å². The van der Waals surface area contributed by atoms with Gasteiger partial charge in [0, 0.05) is 19.0 Å². The molecule has 0 radical (unpaired) electrons. The molecule has 6 heteroatoms. The first kappa shape index (κ1) is 14.5. The maximum Gasteiger partial charge on any atom is 0.244 e. The van der Waals surface area contributed by atoms with Gasteiger partial charge in [0.25, 0.3) is 0 Å². The zero-order valence-electron chi connectivity index (χ0n) is 10.7. The molecule has 2 rings (SSSR count). The molecule has 1 aliphatic heterocycles. The topological polar surface area (TPSA) is 54.5 Å². The van der Waals surface area contributed by atoms with E-state index in [1.807, 2.05) is 0 Å². The Morgan fingerprint density at radius 3 is 2.74 bits per heavy atom. The van der Waals surface area contributed by atoms with Crippen molar-refractivity contribution in [1.82, 2.24) is 4.31 Å². The van der Waals surface area contributed by atoms with Crippen LogP contribution in [0.25, 0.3) is 0 Å². The molecular weight excluding hydrogens is 286 g/mol. The average molecular weight is 302 g/mol. The van der Waals surface area contributed by atoms with Crippen LogP contribution >= 0.6 is 11.6 Å². The number of hydrogen-bond acceptors (Lipinski definition) is 3. The lowest BCUT2D eigenvalue weighted by Gasteiger charge is -2.23. The average Bonchev–Trinajstić information content (AvgIpc) is 2.77. The third-order valence-electron chi connectivity index (χ3n) is 3.27. The van der Waals surface area contributed by atoms with Crippen LogP contribution in [0, 0.1) is 0 Å². The maximum absolute atomic E-state index is 12.6. The lowest BCUT2D eigenvalue weighted by Crippen LogP contribution is -2.36. The lowest BCUT2D eigenvalue weighted by atomic mass is 10.1. The molecule has 19 heavy (non-hydrogen) atoms. The number of carbonyl (C=O) groups is 1. The van der Waals surface area contributed by atoms with E-state index in [4.69, 9.17) is 11.6 Å². The summed E-state index contributed by atoms with van der Waals surface area (Å²) in [6.45, 7) is 1.93. The summed E-state index contributed by atoms with van der Waals surface area (Å²) < 4.78 is 26.6. The summed E-state index contributed by atoms with van der Waals surface area (Å²) >= 11 is 5.97. The van der Waals surface area contributed by atoms with Crippen molar-refractivity contribution in [2.24, 2.45) is 0 Å². The number of benzene rings is 1. The monoisotopic (exact) mass is 301 g/mol. The molecule has 1 aromatic rings. The summed E-state index contributed by atoms with van der Waals surface area (Å²) in [5, 5.41) is 0.218. The molecule has 0 saturated carbocycles. The standard InChI is InChI=1S/C13H16ClNO3S/c1-10(16)9-11-5-4-8-15(11)19(17,18)13-7-3-2-6-12(13)14/h2-3,6-7,11H,4-5,8-9H2,1H3. The SMILES string of the molecule is CC(=O)CC1CCCN1S(=O)(=O)c1ccccc1Cl. The second-order valence-corrected chi connectivity index (χ2v) is 7.01. The van der Waals surface area contributed by atoms with Gasteiger partial charge in [0.05, 0.1) is 5.02 Å². The molecule has 0 amide bonds. The van der Waals surface area contributed by atoms with Gasteiger partial charge >= 0.3 is 0 Å². The summed E-state index contributed by atoms with van der Waals surface area (Å²) in [5.41, 5.74) is 0. The largest absolute Gasteiger partial charge is 0.300 e. The highest BCUT2D eigenvalue weighted by atomic mass is 35.5. The molecule has 1 aromatic carbocycles. The van der Waals surface area contributed by atoms with E-state index in [2.05, 4.69) is 0 Å². The molecule has 1 atom stereocenters. The van der Waals surface area contributed by atoms with Crippen molar-refractivity contribution in [3.8, 4) is 0 Å². The summed E-state index contributed by atoms with van der Waals surface area (Å²) in [5.74, 6) is 0.00580. The van der Waals surface area contributed by atoms with Crippen molar-refractivity contribution >= 4 is 27.4 Å². The third-order valence-corrected chi connectivity index (χ3v) is 5.72. The zero-order valence-corrected chi connectivity index (χ0v) is 12.2. The van der Waals surface area contributed by atoms with E-state index in [0.29, 0.717) is 6.54 Å². The minimum Gasteiger partial charge on any atom is -0.300 e. The van der Waals surface area contributed by atoms with Crippen LogP contribution in [-0.4, -0.2) is 31.1 Å². The fourth-order valence-corrected chi connectivity index (χ4v) is 4.63. The highest BCUT2D eigenvalue weighted by Crippen LogP contribution is 2.31. The Balaban J connectivity index is 2.34. The summed E-state index contributed by atoms with van der Waals surface area (Å²) in [6, 6.07) is 6.16. The Morgan fingerprint density at radius 1 is 1.42 bits per heavy atom. The van der Waals surface area contributed by atoms with Crippen LogP contribution in [-0.2, 0) is 14.8 Å². The molecule has 1 saturated heterocycles. The van der Waals surface area contributed by atoms with Gasteiger partial charge in [-0.25, -0.2) is 8.42 Å². The van der Waals surface area contributed by atoms with Crippen molar-refractivity contribution in [2.75, 3.05) is 6.54 Å². The Bertz CT molecular complexity index is 585. The molecule has 0 bridgehead atoms. The molecule has 1 heterocycles. The van der Waals surface area contributed by atoms with Gasteiger partial charge in [-0.2, -0.15) is 4.31 Å². The molecule has 1 unspecified atom stereocenters. The van der Waals surface area contributed by atoms with Crippen molar-refractivity contribution < 1.29 is 13.2 Å². The van der Waals surface area contributed by atoms with Crippen LogP contribution in [0.1, 0.15) is 26.2 Å². The number of rotatable bonds is 4. The Hall–Kier alpha value is -0.910. The van der Waals surface area contributed by atoms with Gasteiger partial charge in [-0.3, -0.25) is 4.79 Å². The highest BCUT2D eigenvalue weighted by molar-refractivity contribution is 7.89. The van der Waals surface area contributed by atoms with Crippen LogP contribution in [0.5, 0.6) is 0 Å². The molecule has 0 aliphatic carbocycles. The van der Waals surface area contributed by atoms with Crippen LogP contribution < -0.4 is 0 Å². The number of sulfonamides is 1. The van der Waals surface area contributed by atoms with Crippen LogP contribution in [0.3, 0.4) is 0 Å². The van der Waals surface area contributed by atoms with Gasteiger partial charge in [0.2, 0.25) is 10.0 Å². The highest BCUT2D eigenvalue weighted by Gasteiger charge is 2.36. The van der Waals surface area contributed by atoms with E-state index in [9.17, 15) is 13.2 Å². The maximum atomic E-state index is 12.6. The first-order valence-corrected chi connectivity index (χ1v) is 8.00. The van der Waals surface area contributed by atoms with Gasteiger partial charge in [-0.15, -0.1) is 0 Å². The Morgan fingerprint density at radius 2 is 2.11 bits per heavy atom. The predicted molar refractivity (Wildman–Crippen MR) is 73.7 cm³/mol. The van der Waals surface area contributed by atoms with Crippen LogP contribution in [0.15, 0.2) is 29.2 Å². The summed E-state index contributed by atoms with van der Waals surface area (Å²) in [6.07, 6.45) is 1.77. The molecule has 0 spiro atoms. The van der Waals surface area contributed by atoms with E-state index in [-0.39, 0.29) is 28.2 Å². The molecular formula is C13H16ClNO3S. The van der Waals surface area contributed by atoms with Gasteiger partial charge in [0.1, 0.15) is 10.7 Å². The molecule has 4 nitrogen and oxygen atoms in total. The van der Waals surface area contributed by atoms with Gasteiger partial charge in [-0.1, -0.05) is 23.7 Å². The minimum absolute atomic E-state index is 0.00580. The van der Waals surface area contributed by atoms with E-state index < -0.39 is 10.0 Å². The molecule has 104 valence electrons. The van der Waals surface area contributed by atoms with Gasteiger partial charge in [0.15, 0.2) is 0 Å². The van der Waals surface area contributed by atoms with Crippen molar-refractivity contribution in [2.45, 2.75) is 37.1 Å². The van der Waals surface area contributed by atoms with Crippen LogP contribution in [0.4, 0.5) is 0 Å². The summed E-state index contributed by atoms with van der Waals surface area (Å²) in [7, 11) is -3.61. The number of nitrogens with zero attached hydrogens (tertiary/aromatic N) is 1. The first-order valence-electron chi connectivity index (χ1n) is 6.18. The first-order chi connectivity index (χ1) is 8.93. The predicted octanol–water partition coefficient (Wildman–Crippen LogP) is 2.47. The van der Waals surface area contributed by atoms with E-state index >= 15 is 0 Å². The van der Waals surface area contributed by atoms with E-state index in [1.165, 1.54) is 17.3 Å². The fourth-order valence-electron chi connectivity index (χ4n) is 2.44. The second-order valence-electron chi connectivity index (χ2n) is 4.75. The van der Waals surface area contributed by atoms with E-state index in [1.54, 1.807) is 18.2 Å². The van der Waals surface area contributed by atoms with Crippen molar-refractivity contribution in [1.29, 1.82) is 0 Å².